The Hall–Kier alpha value is -0.680. The van der Waals surface area contributed by atoms with Gasteiger partial charge in [0.2, 0.25) is 0 Å². The van der Waals surface area contributed by atoms with E-state index in [1.807, 2.05) is 6.08 Å². The summed E-state index contributed by atoms with van der Waals surface area (Å²) >= 11 is 1.74. The van der Waals surface area contributed by atoms with Crippen LogP contribution >= 0.6 is 11.8 Å². The number of amides is 2. The average molecular weight is 244 g/mol. The zero-order chi connectivity index (χ0) is 11.8. The molecule has 1 atom stereocenters. The minimum absolute atomic E-state index is 0.0575. The number of urea groups is 1. The van der Waals surface area contributed by atoms with Crippen molar-refractivity contribution in [2.24, 2.45) is 0 Å². The van der Waals surface area contributed by atoms with Gasteiger partial charge in [-0.1, -0.05) is 6.08 Å². The van der Waals surface area contributed by atoms with Crippen LogP contribution in [-0.2, 0) is 0 Å². The number of nitrogens with one attached hydrogen (secondary N) is 1. The van der Waals surface area contributed by atoms with E-state index in [1.54, 1.807) is 16.7 Å². The van der Waals surface area contributed by atoms with Gasteiger partial charge in [0.1, 0.15) is 0 Å². The number of aliphatic hydroxyl groups excluding tert-OH is 1. The maximum Gasteiger partial charge on any atom is 0.317 e. The third-order valence-corrected chi connectivity index (χ3v) is 3.41. The molecule has 1 unspecified atom stereocenters. The van der Waals surface area contributed by atoms with E-state index >= 15 is 0 Å². The van der Waals surface area contributed by atoms with Crippen LogP contribution in [-0.4, -0.2) is 53.3 Å². The third-order valence-electron chi connectivity index (χ3n) is 2.44. The molecule has 0 saturated carbocycles. The van der Waals surface area contributed by atoms with Crippen molar-refractivity contribution in [1.29, 1.82) is 0 Å². The molecule has 0 bridgehead atoms. The van der Waals surface area contributed by atoms with Crippen molar-refractivity contribution in [1.82, 2.24) is 10.2 Å². The van der Waals surface area contributed by atoms with Crippen molar-refractivity contribution >= 4 is 17.8 Å². The summed E-state index contributed by atoms with van der Waals surface area (Å²) < 4.78 is 0. The van der Waals surface area contributed by atoms with E-state index in [-0.39, 0.29) is 12.1 Å². The highest BCUT2D eigenvalue weighted by molar-refractivity contribution is 7.99. The van der Waals surface area contributed by atoms with E-state index in [0.717, 1.165) is 30.9 Å². The number of carbonyl (C=O) groups is 1. The third kappa shape index (κ3) is 4.90. The minimum atomic E-state index is -0.352. The van der Waals surface area contributed by atoms with Gasteiger partial charge in [0.25, 0.3) is 0 Å². The maximum absolute atomic E-state index is 11.7. The van der Waals surface area contributed by atoms with Gasteiger partial charge in [-0.15, -0.1) is 6.58 Å². The van der Waals surface area contributed by atoms with Crippen LogP contribution < -0.4 is 5.32 Å². The van der Waals surface area contributed by atoms with Gasteiger partial charge in [0, 0.05) is 31.1 Å². The van der Waals surface area contributed by atoms with Gasteiger partial charge in [-0.25, -0.2) is 4.79 Å². The predicted molar refractivity (Wildman–Crippen MR) is 67.7 cm³/mol. The number of β-amino-alcohol motifs (C(OH)–C–C–N with tert-alkyl or cyclic N) is 1. The van der Waals surface area contributed by atoms with Gasteiger partial charge in [0.05, 0.1) is 6.10 Å². The zero-order valence-corrected chi connectivity index (χ0v) is 10.3. The zero-order valence-electron chi connectivity index (χ0n) is 9.52. The van der Waals surface area contributed by atoms with Crippen molar-refractivity contribution in [3.63, 3.8) is 0 Å². The summed E-state index contributed by atoms with van der Waals surface area (Å²) in [6.45, 7) is 5.52. The quantitative estimate of drug-likeness (QED) is 0.562. The Morgan fingerprint density at radius 1 is 1.69 bits per heavy atom. The molecule has 1 aliphatic rings. The van der Waals surface area contributed by atoms with Crippen molar-refractivity contribution < 1.29 is 9.90 Å². The van der Waals surface area contributed by atoms with Crippen LogP contribution in [0.15, 0.2) is 12.7 Å². The van der Waals surface area contributed by atoms with E-state index < -0.39 is 0 Å². The van der Waals surface area contributed by atoms with Gasteiger partial charge in [-0.05, 0) is 12.8 Å². The summed E-state index contributed by atoms with van der Waals surface area (Å²) in [5.74, 6) is 1.81. The lowest BCUT2D eigenvalue weighted by Crippen LogP contribution is -2.47. The highest BCUT2D eigenvalue weighted by Gasteiger charge is 2.21. The van der Waals surface area contributed by atoms with E-state index in [2.05, 4.69) is 11.9 Å². The van der Waals surface area contributed by atoms with Gasteiger partial charge >= 0.3 is 6.03 Å². The van der Waals surface area contributed by atoms with Crippen LogP contribution in [0.25, 0.3) is 0 Å². The fraction of sp³-hybridized carbons (Fsp3) is 0.727. The second-order valence-electron chi connectivity index (χ2n) is 3.84. The lowest BCUT2D eigenvalue weighted by atomic mass is 10.1. The van der Waals surface area contributed by atoms with Crippen molar-refractivity contribution in [3.05, 3.63) is 12.7 Å². The Labute approximate surface area is 101 Å². The summed E-state index contributed by atoms with van der Waals surface area (Å²) in [6.07, 6.45) is 3.20. The summed E-state index contributed by atoms with van der Waals surface area (Å²) in [7, 11) is 0. The predicted octanol–water partition coefficient (Wildman–Crippen LogP) is 1.07. The molecule has 2 amide bonds. The molecule has 16 heavy (non-hydrogen) atoms. The molecule has 1 fully saturated rings. The first-order chi connectivity index (χ1) is 7.74. The van der Waals surface area contributed by atoms with Crippen molar-refractivity contribution in [2.45, 2.75) is 18.9 Å². The Morgan fingerprint density at radius 3 is 3.19 bits per heavy atom. The lowest BCUT2D eigenvalue weighted by molar-refractivity contribution is 0.0845. The topological polar surface area (TPSA) is 52.6 Å². The number of aliphatic hydroxyl groups is 1. The largest absolute Gasteiger partial charge is 0.391 e. The average Bonchev–Trinajstić information content (AvgIpc) is 2.28. The standard InChI is InChI=1S/C11H20N2O2S/c1-2-7-16-8-5-12-11(15)13-6-3-4-10(14)9-13/h2,10,14H,1,3-9H2,(H,12,15). The second kappa shape index (κ2) is 7.57. The minimum Gasteiger partial charge on any atom is -0.391 e. The number of likely N-dealkylation sites (tertiary alicyclic amines) is 1. The Kier molecular flexibility index (Phi) is 6.33. The molecule has 2 N–H and O–H groups in total. The first-order valence-corrected chi connectivity index (χ1v) is 6.79. The number of hydrogen-bond donors (Lipinski definition) is 2. The molecule has 0 aromatic carbocycles. The Bertz CT molecular complexity index is 236. The summed E-state index contributed by atoms with van der Waals surface area (Å²) in [5, 5.41) is 12.3. The highest BCUT2D eigenvalue weighted by atomic mass is 32.2. The number of carbonyl (C=O) groups excluding carboxylic acids is 1. The molecule has 5 heteroatoms. The molecule has 1 rings (SSSR count). The summed E-state index contributed by atoms with van der Waals surface area (Å²) in [6, 6.07) is -0.0575. The monoisotopic (exact) mass is 244 g/mol. The molecule has 92 valence electrons. The van der Waals surface area contributed by atoms with Crippen LogP contribution in [0.4, 0.5) is 4.79 Å². The first-order valence-electron chi connectivity index (χ1n) is 5.63. The molecule has 4 nitrogen and oxygen atoms in total. The van der Waals surface area contributed by atoms with Crippen LogP contribution in [0.5, 0.6) is 0 Å². The highest BCUT2D eigenvalue weighted by Crippen LogP contribution is 2.09. The Balaban J connectivity index is 2.11. The SMILES string of the molecule is C=CCSCCNC(=O)N1CCCC(O)C1. The second-order valence-corrected chi connectivity index (χ2v) is 4.99. The van der Waals surface area contributed by atoms with E-state index in [0.29, 0.717) is 13.1 Å². The normalized spacial score (nSPS) is 20.6. The number of thioether (sulfide) groups is 1. The molecule has 0 aliphatic carbocycles. The number of piperidine rings is 1. The molecule has 1 saturated heterocycles. The van der Waals surface area contributed by atoms with Gasteiger partial charge in [-0.2, -0.15) is 11.8 Å². The van der Waals surface area contributed by atoms with Crippen LogP contribution in [0, 0.1) is 0 Å². The van der Waals surface area contributed by atoms with Gasteiger partial charge < -0.3 is 15.3 Å². The van der Waals surface area contributed by atoms with Crippen molar-refractivity contribution in [3.8, 4) is 0 Å². The van der Waals surface area contributed by atoms with Crippen LogP contribution in [0.2, 0.25) is 0 Å². The van der Waals surface area contributed by atoms with Crippen LogP contribution in [0.1, 0.15) is 12.8 Å². The molecule has 0 radical (unpaired) electrons. The van der Waals surface area contributed by atoms with E-state index in [1.165, 1.54) is 0 Å². The van der Waals surface area contributed by atoms with Crippen LogP contribution in [0.3, 0.4) is 0 Å². The maximum atomic E-state index is 11.7. The lowest BCUT2D eigenvalue weighted by Gasteiger charge is -2.30. The van der Waals surface area contributed by atoms with Gasteiger partial charge in [-0.3, -0.25) is 0 Å². The fourth-order valence-electron chi connectivity index (χ4n) is 1.65. The van der Waals surface area contributed by atoms with Crippen molar-refractivity contribution in [2.75, 3.05) is 31.1 Å². The molecule has 0 aromatic rings. The fourth-order valence-corrected chi connectivity index (χ4v) is 2.23. The summed E-state index contributed by atoms with van der Waals surface area (Å²) in [5.41, 5.74) is 0. The molecule has 1 aliphatic heterocycles. The Morgan fingerprint density at radius 2 is 2.50 bits per heavy atom. The number of nitrogens with zero attached hydrogens (tertiary/aromatic N) is 1. The van der Waals surface area contributed by atoms with E-state index in [9.17, 15) is 9.90 Å². The number of rotatable bonds is 5. The smallest absolute Gasteiger partial charge is 0.317 e. The molecular formula is C11H20N2O2S. The summed E-state index contributed by atoms with van der Waals surface area (Å²) in [4.78, 5) is 13.3. The molecule has 0 spiro atoms. The first kappa shape index (κ1) is 13.4. The van der Waals surface area contributed by atoms with E-state index in [4.69, 9.17) is 0 Å². The van der Waals surface area contributed by atoms with Gasteiger partial charge in [0.15, 0.2) is 0 Å². The number of hydrogen-bond acceptors (Lipinski definition) is 3. The molecular weight excluding hydrogens is 224 g/mol. The molecule has 0 aromatic heterocycles. The molecule has 1 heterocycles.